The monoisotopic (exact) mass is 737 g/mol. The van der Waals surface area contributed by atoms with E-state index in [4.69, 9.17) is 4.98 Å². The van der Waals surface area contributed by atoms with E-state index >= 15 is 4.57 Å². The molecule has 55 heavy (non-hydrogen) atoms. The second kappa shape index (κ2) is 12.6. The Morgan fingerprint density at radius 1 is 0.382 bits per heavy atom. The first-order chi connectivity index (χ1) is 27.1. The van der Waals surface area contributed by atoms with Gasteiger partial charge in [-0.25, -0.2) is 4.98 Å². The van der Waals surface area contributed by atoms with Gasteiger partial charge in [0.2, 0.25) is 0 Å². The van der Waals surface area contributed by atoms with Crippen LogP contribution in [0.4, 0.5) is 0 Å². The zero-order valence-corrected chi connectivity index (χ0v) is 31.4. The number of thiophene rings is 1. The maximum atomic E-state index is 15.3. The number of pyridine rings is 1. The Balaban J connectivity index is 1.12. The van der Waals surface area contributed by atoms with Crippen molar-refractivity contribution in [3.05, 3.63) is 194 Å². The average Bonchev–Trinajstić information content (AvgIpc) is 3.66. The zero-order valence-electron chi connectivity index (χ0n) is 29.7. The number of benzene rings is 9. The van der Waals surface area contributed by atoms with Crippen molar-refractivity contribution in [1.29, 1.82) is 0 Å². The van der Waals surface area contributed by atoms with E-state index in [2.05, 4.69) is 121 Å². The Labute approximate surface area is 322 Å². The quantitative estimate of drug-likeness (QED) is 0.130. The lowest BCUT2D eigenvalue weighted by molar-refractivity contribution is 0.592. The van der Waals surface area contributed by atoms with Crippen LogP contribution in [0.1, 0.15) is 0 Å². The van der Waals surface area contributed by atoms with Crippen molar-refractivity contribution < 1.29 is 4.57 Å². The number of aromatic nitrogens is 1. The van der Waals surface area contributed by atoms with E-state index in [0.29, 0.717) is 0 Å². The Morgan fingerprint density at radius 2 is 0.891 bits per heavy atom. The molecule has 2 aromatic heterocycles. The van der Waals surface area contributed by atoms with Gasteiger partial charge in [-0.05, 0) is 73.8 Å². The maximum absolute atomic E-state index is 15.3. The Kier molecular flexibility index (Phi) is 7.35. The number of hydrogen-bond acceptors (Lipinski definition) is 3. The molecule has 2 nitrogen and oxygen atoms in total. The van der Waals surface area contributed by atoms with Gasteiger partial charge in [-0.15, -0.1) is 11.3 Å². The van der Waals surface area contributed by atoms with Gasteiger partial charge in [0.15, 0.2) is 7.14 Å². The number of hydrogen-bond donors (Lipinski definition) is 0. The fourth-order valence-corrected chi connectivity index (χ4v) is 12.4. The number of nitrogens with zero attached hydrogens (tertiary/aromatic N) is 1. The van der Waals surface area contributed by atoms with E-state index in [1.807, 2.05) is 84.1 Å². The van der Waals surface area contributed by atoms with Crippen LogP contribution >= 0.6 is 18.5 Å². The minimum absolute atomic E-state index is 0.818. The number of rotatable bonds is 5. The van der Waals surface area contributed by atoms with Crippen molar-refractivity contribution in [1.82, 2.24) is 4.98 Å². The van der Waals surface area contributed by atoms with Crippen molar-refractivity contribution in [2.75, 3.05) is 0 Å². The first-order valence-electron chi connectivity index (χ1n) is 18.6. The molecule has 258 valence electrons. The molecule has 4 heteroatoms. The summed E-state index contributed by atoms with van der Waals surface area (Å²) in [5.41, 5.74) is 5.16. The fraction of sp³-hybridized carbons (Fsp3) is 0. The summed E-state index contributed by atoms with van der Waals surface area (Å²) in [6.45, 7) is 0. The summed E-state index contributed by atoms with van der Waals surface area (Å²) in [6.07, 6.45) is 0. The summed E-state index contributed by atoms with van der Waals surface area (Å²) in [4.78, 5) is 5.45. The molecule has 0 bridgehead atoms. The summed E-state index contributed by atoms with van der Waals surface area (Å²) < 4.78 is 17.7. The average molecular weight is 738 g/mol. The fourth-order valence-electron chi connectivity index (χ4n) is 8.52. The van der Waals surface area contributed by atoms with E-state index in [9.17, 15) is 0 Å². The highest BCUT2D eigenvalue weighted by atomic mass is 32.1. The van der Waals surface area contributed by atoms with Crippen LogP contribution in [0.25, 0.3) is 85.8 Å². The van der Waals surface area contributed by atoms with Gasteiger partial charge in [-0.2, -0.15) is 0 Å². The summed E-state index contributed by atoms with van der Waals surface area (Å²) in [5.74, 6) is 0. The van der Waals surface area contributed by atoms with Crippen molar-refractivity contribution >= 4 is 97.8 Å². The molecule has 0 aliphatic rings. The third kappa shape index (κ3) is 5.01. The highest BCUT2D eigenvalue weighted by Gasteiger charge is 2.30. The Morgan fingerprint density at radius 3 is 1.56 bits per heavy atom. The highest BCUT2D eigenvalue weighted by molar-refractivity contribution is 7.85. The van der Waals surface area contributed by atoms with Crippen LogP contribution in [0, 0.1) is 0 Å². The van der Waals surface area contributed by atoms with Gasteiger partial charge in [0.05, 0.1) is 15.9 Å². The van der Waals surface area contributed by atoms with Crippen LogP contribution in [0.2, 0.25) is 0 Å². The predicted molar refractivity (Wildman–Crippen MR) is 237 cm³/mol. The lowest BCUT2D eigenvalue weighted by Gasteiger charge is -2.20. The Hall–Kier alpha value is -6.38. The molecule has 0 radical (unpaired) electrons. The van der Waals surface area contributed by atoms with Crippen LogP contribution in [-0.2, 0) is 4.57 Å². The second-order valence-corrected chi connectivity index (χ2v) is 18.0. The van der Waals surface area contributed by atoms with Crippen LogP contribution < -0.4 is 15.9 Å². The second-order valence-electron chi connectivity index (χ2n) is 14.2. The molecule has 11 aromatic rings. The number of fused-ring (bicyclic) bond motifs is 11. The van der Waals surface area contributed by atoms with Crippen LogP contribution in [0.3, 0.4) is 0 Å². The van der Waals surface area contributed by atoms with Gasteiger partial charge < -0.3 is 4.57 Å². The van der Waals surface area contributed by atoms with E-state index in [1.54, 1.807) is 0 Å². The van der Waals surface area contributed by atoms with Gasteiger partial charge in [0.25, 0.3) is 0 Å². The SMILES string of the molecule is O=P(c1ccccc1)(c1ccccc1)c1cccc(-c2ccc3nc(-c4ccc5c6ccccc6c6ccccc6c5c4)c4sc5ccccc5c4c3c2)c1. The first kappa shape index (κ1) is 32.1. The predicted octanol–water partition coefficient (Wildman–Crippen LogP) is 13.0. The van der Waals surface area contributed by atoms with E-state index < -0.39 is 7.14 Å². The van der Waals surface area contributed by atoms with Gasteiger partial charge in [0.1, 0.15) is 0 Å². The van der Waals surface area contributed by atoms with Gasteiger partial charge in [0, 0.05) is 42.3 Å². The van der Waals surface area contributed by atoms with E-state index in [0.717, 1.165) is 49.2 Å². The largest absolute Gasteiger partial charge is 0.309 e. The maximum Gasteiger partial charge on any atom is 0.171 e. The molecule has 0 N–H and O–H groups in total. The molecule has 0 unspecified atom stereocenters. The standard InChI is InChI=1S/C51H32NOPS/c53-54(36-15-3-1-4-16-36,37-17-5-2-6-18-37)38-19-13-14-33(30-38)34-27-29-47-46(31-34)49-44-24-11-12-25-48(44)55-51(49)50(52-47)35-26-28-43-41-22-8-7-20-39(41)40-21-9-10-23-42(40)45(43)32-35/h1-32H. The van der Waals surface area contributed by atoms with Gasteiger partial charge in [-0.3, -0.25) is 0 Å². The minimum Gasteiger partial charge on any atom is -0.309 e. The minimum atomic E-state index is -3.13. The molecule has 0 atom stereocenters. The lowest BCUT2D eigenvalue weighted by atomic mass is 9.92. The molecule has 2 heterocycles. The molecule has 0 amide bonds. The summed E-state index contributed by atoms with van der Waals surface area (Å²) in [7, 11) is -3.13. The molecular formula is C51H32NOPS. The summed E-state index contributed by atoms with van der Waals surface area (Å²) in [5, 5.41) is 13.6. The van der Waals surface area contributed by atoms with E-state index in [-0.39, 0.29) is 0 Å². The lowest BCUT2D eigenvalue weighted by Crippen LogP contribution is -2.25. The highest BCUT2D eigenvalue weighted by Crippen LogP contribution is 2.46. The van der Waals surface area contributed by atoms with Crippen LogP contribution in [0.5, 0.6) is 0 Å². The molecule has 0 aliphatic carbocycles. The normalized spacial score (nSPS) is 12.1. The third-order valence-corrected chi connectivity index (χ3v) is 15.3. The van der Waals surface area contributed by atoms with Crippen LogP contribution in [0.15, 0.2) is 194 Å². The molecule has 11 rings (SSSR count). The van der Waals surface area contributed by atoms with Crippen LogP contribution in [-0.4, -0.2) is 4.98 Å². The van der Waals surface area contributed by atoms with Crippen molar-refractivity contribution in [3.8, 4) is 22.4 Å². The van der Waals surface area contributed by atoms with Gasteiger partial charge in [-0.1, -0.05) is 164 Å². The molecule has 0 fully saturated rings. The summed E-state index contributed by atoms with van der Waals surface area (Å²) >= 11 is 1.81. The first-order valence-corrected chi connectivity index (χ1v) is 21.1. The summed E-state index contributed by atoms with van der Waals surface area (Å²) in [6, 6.07) is 67.7. The van der Waals surface area contributed by atoms with Gasteiger partial charge >= 0.3 is 0 Å². The molecule has 0 aliphatic heterocycles. The molecular weight excluding hydrogens is 706 g/mol. The Bertz CT molecular complexity index is 3270. The third-order valence-electron chi connectivity index (χ3n) is 11.1. The molecule has 9 aromatic carbocycles. The van der Waals surface area contributed by atoms with Crippen molar-refractivity contribution in [2.45, 2.75) is 0 Å². The molecule has 0 saturated heterocycles. The van der Waals surface area contributed by atoms with Crippen molar-refractivity contribution in [3.63, 3.8) is 0 Å². The topological polar surface area (TPSA) is 30.0 Å². The van der Waals surface area contributed by atoms with E-state index in [1.165, 1.54) is 52.5 Å². The zero-order chi connectivity index (χ0) is 36.5. The molecule has 0 spiro atoms. The smallest absolute Gasteiger partial charge is 0.171 e. The molecule has 0 saturated carbocycles. The van der Waals surface area contributed by atoms with Crippen molar-refractivity contribution in [2.24, 2.45) is 0 Å².